The van der Waals surface area contributed by atoms with E-state index in [0.29, 0.717) is 12.8 Å². The van der Waals surface area contributed by atoms with Crippen molar-refractivity contribution in [3.05, 3.63) is 38.3 Å². The zero-order valence-electron chi connectivity index (χ0n) is 12.0. The van der Waals surface area contributed by atoms with E-state index in [0.717, 1.165) is 12.3 Å². The van der Waals surface area contributed by atoms with Crippen LogP contribution in [0.4, 0.5) is 5.69 Å². The molecule has 1 rings (SSSR count). The average Bonchev–Trinajstić information content (AvgIpc) is 2.47. The number of H-pyrrole nitrogens is 1. The van der Waals surface area contributed by atoms with Crippen LogP contribution in [0.15, 0.2) is 17.1 Å². The summed E-state index contributed by atoms with van der Waals surface area (Å²) in [6, 6.07) is 0.830. The Morgan fingerprint density at radius 3 is 2.57 bits per heavy atom. The molecule has 0 aromatic carbocycles. The Labute approximate surface area is 121 Å². The lowest BCUT2D eigenvalue weighted by molar-refractivity contribution is -0.385. The highest BCUT2D eigenvalue weighted by Gasteiger charge is 2.25. The molecule has 0 fully saturated rings. The van der Waals surface area contributed by atoms with Crippen molar-refractivity contribution < 1.29 is 14.8 Å². The Hall–Kier alpha value is -2.22. The van der Waals surface area contributed by atoms with Crippen molar-refractivity contribution in [1.82, 2.24) is 9.88 Å². The molecule has 0 bridgehead atoms. The van der Waals surface area contributed by atoms with Crippen LogP contribution in [0.3, 0.4) is 0 Å². The molecule has 8 nitrogen and oxygen atoms in total. The predicted molar refractivity (Wildman–Crippen MR) is 76.2 cm³/mol. The highest BCUT2D eigenvalue weighted by molar-refractivity contribution is 5.94. The van der Waals surface area contributed by atoms with Crippen molar-refractivity contribution in [2.45, 2.75) is 32.7 Å². The Kier molecular flexibility index (Phi) is 6.04. The van der Waals surface area contributed by atoms with Gasteiger partial charge < -0.3 is 15.0 Å². The minimum atomic E-state index is -0.681. The SMILES string of the molecule is CCC(CC)N(CCO)C(=O)c1cc([N+](=O)[O-])c[nH]c1=O. The zero-order valence-corrected chi connectivity index (χ0v) is 12.0. The number of nitrogens with zero attached hydrogens (tertiary/aromatic N) is 2. The molecule has 8 heteroatoms. The molecule has 0 aliphatic heterocycles. The van der Waals surface area contributed by atoms with Gasteiger partial charge in [0.2, 0.25) is 0 Å². The number of aliphatic hydroxyl groups excluding tert-OH is 1. The molecule has 0 atom stereocenters. The Morgan fingerprint density at radius 2 is 2.10 bits per heavy atom. The van der Waals surface area contributed by atoms with Gasteiger partial charge in [-0.25, -0.2) is 0 Å². The summed E-state index contributed by atoms with van der Waals surface area (Å²) in [5.41, 5.74) is -1.32. The number of aromatic nitrogens is 1. The van der Waals surface area contributed by atoms with E-state index in [-0.39, 0.29) is 30.4 Å². The summed E-state index contributed by atoms with van der Waals surface area (Å²) >= 11 is 0. The first-order chi connectivity index (χ1) is 9.96. The van der Waals surface area contributed by atoms with Crippen molar-refractivity contribution in [2.24, 2.45) is 0 Å². The van der Waals surface area contributed by atoms with Gasteiger partial charge >= 0.3 is 0 Å². The number of nitro groups is 1. The van der Waals surface area contributed by atoms with E-state index in [1.54, 1.807) is 0 Å². The number of carbonyl (C=O) groups is 1. The van der Waals surface area contributed by atoms with E-state index in [4.69, 9.17) is 5.11 Å². The molecule has 0 spiro atoms. The normalized spacial score (nSPS) is 10.7. The van der Waals surface area contributed by atoms with Gasteiger partial charge in [0, 0.05) is 18.7 Å². The molecule has 0 radical (unpaired) electrons. The molecule has 1 heterocycles. The highest BCUT2D eigenvalue weighted by Crippen LogP contribution is 2.14. The second-order valence-electron chi connectivity index (χ2n) is 4.55. The molecular formula is C13H19N3O5. The number of pyridine rings is 1. The van der Waals surface area contributed by atoms with Crippen LogP contribution in [-0.4, -0.2) is 45.0 Å². The van der Waals surface area contributed by atoms with Gasteiger partial charge in [-0.1, -0.05) is 13.8 Å². The second-order valence-corrected chi connectivity index (χ2v) is 4.55. The van der Waals surface area contributed by atoms with Crippen LogP contribution in [0.2, 0.25) is 0 Å². The number of aliphatic hydroxyl groups is 1. The van der Waals surface area contributed by atoms with Crippen LogP contribution in [0.25, 0.3) is 0 Å². The number of carbonyl (C=O) groups excluding carboxylic acids is 1. The fourth-order valence-corrected chi connectivity index (χ4v) is 2.18. The topological polar surface area (TPSA) is 117 Å². The summed E-state index contributed by atoms with van der Waals surface area (Å²) in [6.07, 6.45) is 2.27. The zero-order chi connectivity index (χ0) is 16.0. The molecule has 0 saturated heterocycles. The van der Waals surface area contributed by atoms with E-state index >= 15 is 0 Å². The first-order valence-electron chi connectivity index (χ1n) is 6.75. The summed E-state index contributed by atoms with van der Waals surface area (Å²) in [4.78, 5) is 37.9. The fourth-order valence-electron chi connectivity index (χ4n) is 2.18. The van der Waals surface area contributed by atoms with Crippen LogP contribution in [0.5, 0.6) is 0 Å². The smallest absolute Gasteiger partial charge is 0.286 e. The van der Waals surface area contributed by atoms with Gasteiger partial charge in [-0.15, -0.1) is 0 Å². The van der Waals surface area contributed by atoms with Crippen LogP contribution in [-0.2, 0) is 0 Å². The van der Waals surface area contributed by atoms with Gasteiger partial charge in [0.25, 0.3) is 17.2 Å². The monoisotopic (exact) mass is 297 g/mol. The number of nitrogens with one attached hydrogen (secondary N) is 1. The standard InChI is InChI=1S/C13H19N3O5/c1-3-9(4-2)15(5-6-17)13(19)11-7-10(16(20)21)8-14-12(11)18/h7-9,17H,3-6H2,1-2H3,(H,14,18). The fraction of sp³-hybridized carbons (Fsp3) is 0.538. The predicted octanol–water partition coefficient (Wildman–Crippen LogP) is 0.906. The van der Waals surface area contributed by atoms with E-state index < -0.39 is 16.4 Å². The Balaban J connectivity index is 3.22. The van der Waals surface area contributed by atoms with Crippen LogP contribution < -0.4 is 5.56 Å². The molecule has 2 N–H and O–H groups in total. The minimum Gasteiger partial charge on any atom is -0.395 e. The first kappa shape index (κ1) is 16.8. The third kappa shape index (κ3) is 3.88. The summed E-state index contributed by atoms with van der Waals surface area (Å²) in [7, 11) is 0. The maximum atomic E-state index is 12.5. The van der Waals surface area contributed by atoms with E-state index in [2.05, 4.69) is 4.98 Å². The summed E-state index contributed by atoms with van der Waals surface area (Å²) in [5.74, 6) is -0.609. The van der Waals surface area contributed by atoms with Crippen LogP contribution in [0, 0.1) is 10.1 Å². The van der Waals surface area contributed by atoms with E-state index in [1.165, 1.54) is 4.90 Å². The van der Waals surface area contributed by atoms with Crippen molar-refractivity contribution in [3.8, 4) is 0 Å². The Morgan fingerprint density at radius 1 is 1.48 bits per heavy atom. The third-order valence-corrected chi connectivity index (χ3v) is 3.31. The quantitative estimate of drug-likeness (QED) is 0.573. The van der Waals surface area contributed by atoms with E-state index in [9.17, 15) is 19.7 Å². The van der Waals surface area contributed by atoms with Gasteiger partial charge in [-0.05, 0) is 12.8 Å². The molecule has 1 aromatic rings. The van der Waals surface area contributed by atoms with Crippen molar-refractivity contribution in [1.29, 1.82) is 0 Å². The first-order valence-corrected chi connectivity index (χ1v) is 6.75. The number of aromatic amines is 1. The van der Waals surface area contributed by atoms with Gasteiger partial charge in [-0.3, -0.25) is 19.7 Å². The lowest BCUT2D eigenvalue weighted by Gasteiger charge is -2.29. The van der Waals surface area contributed by atoms with Crippen molar-refractivity contribution in [2.75, 3.05) is 13.2 Å². The lowest BCUT2D eigenvalue weighted by Crippen LogP contribution is -2.43. The lowest BCUT2D eigenvalue weighted by atomic mass is 10.1. The summed E-state index contributed by atoms with van der Waals surface area (Å²) in [6.45, 7) is 3.62. The molecule has 0 saturated carbocycles. The van der Waals surface area contributed by atoms with E-state index in [1.807, 2.05) is 13.8 Å². The van der Waals surface area contributed by atoms with Gasteiger partial charge in [0.15, 0.2) is 0 Å². The largest absolute Gasteiger partial charge is 0.395 e. The number of hydrogen-bond donors (Lipinski definition) is 2. The second kappa shape index (κ2) is 7.53. The molecule has 0 aliphatic rings. The number of amides is 1. The summed E-state index contributed by atoms with van der Waals surface area (Å²) < 4.78 is 0. The molecule has 1 amide bonds. The van der Waals surface area contributed by atoms with Gasteiger partial charge in [-0.2, -0.15) is 0 Å². The molecule has 21 heavy (non-hydrogen) atoms. The minimum absolute atomic E-state index is 0.0767. The average molecular weight is 297 g/mol. The maximum absolute atomic E-state index is 12.5. The molecule has 0 aliphatic carbocycles. The molecule has 0 unspecified atom stereocenters. The van der Waals surface area contributed by atoms with Crippen molar-refractivity contribution in [3.63, 3.8) is 0 Å². The molecule has 116 valence electrons. The number of hydrogen-bond acceptors (Lipinski definition) is 5. The third-order valence-electron chi connectivity index (χ3n) is 3.31. The van der Waals surface area contributed by atoms with Crippen LogP contribution >= 0.6 is 0 Å². The molecular weight excluding hydrogens is 278 g/mol. The van der Waals surface area contributed by atoms with Crippen LogP contribution in [0.1, 0.15) is 37.0 Å². The summed E-state index contributed by atoms with van der Waals surface area (Å²) in [5, 5.41) is 19.8. The van der Waals surface area contributed by atoms with Gasteiger partial charge in [0.05, 0.1) is 17.7 Å². The number of rotatable bonds is 7. The molecule has 1 aromatic heterocycles. The van der Waals surface area contributed by atoms with Crippen molar-refractivity contribution >= 4 is 11.6 Å². The van der Waals surface area contributed by atoms with Gasteiger partial charge in [0.1, 0.15) is 5.56 Å². The highest BCUT2D eigenvalue weighted by atomic mass is 16.6. The maximum Gasteiger partial charge on any atom is 0.286 e. The Bertz CT molecular complexity index is 565.